The number of aryl methyl sites for hydroxylation is 1. The quantitative estimate of drug-likeness (QED) is 0.307. The van der Waals surface area contributed by atoms with Crippen LogP contribution in [0.25, 0.3) is 16.5 Å². The van der Waals surface area contributed by atoms with Gasteiger partial charge in [0.05, 0.1) is 18.2 Å². The summed E-state index contributed by atoms with van der Waals surface area (Å²) in [6, 6.07) is 12.0. The zero-order valence-electron chi connectivity index (χ0n) is 18.7. The van der Waals surface area contributed by atoms with E-state index in [4.69, 9.17) is 5.41 Å². The fourth-order valence-corrected chi connectivity index (χ4v) is 4.14. The molecular weight excluding hydrogens is 434 g/mol. The van der Waals surface area contributed by atoms with Gasteiger partial charge in [-0.2, -0.15) is 0 Å². The zero-order valence-corrected chi connectivity index (χ0v) is 18.7. The lowest BCUT2D eigenvalue weighted by Gasteiger charge is -2.21. The second kappa shape index (κ2) is 9.79. The molecule has 172 valence electrons. The molecule has 0 aliphatic rings. The van der Waals surface area contributed by atoms with Crippen molar-refractivity contribution in [2.75, 3.05) is 0 Å². The van der Waals surface area contributed by atoms with Gasteiger partial charge in [0.15, 0.2) is 0 Å². The Hall–Kier alpha value is -4.13. The minimum atomic E-state index is -0.594. The van der Waals surface area contributed by atoms with Crippen LogP contribution in [0.2, 0.25) is 0 Å². The maximum absolute atomic E-state index is 14.1. The van der Waals surface area contributed by atoms with Gasteiger partial charge in [-0.05, 0) is 72.0 Å². The number of amides is 1. The number of hydrogen-bond acceptors (Lipinski definition) is 3. The van der Waals surface area contributed by atoms with Crippen molar-refractivity contribution in [1.29, 1.82) is 5.41 Å². The monoisotopic (exact) mass is 458 g/mol. The number of allylic oxidation sites excluding steroid dienone is 1. The lowest BCUT2D eigenvalue weighted by atomic mass is 9.95. The highest BCUT2D eigenvalue weighted by molar-refractivity contribution is 6.07. The van der Waals surface area contributed by atoms with Gasteiger partial charge < -0.3 is 15.7 Å². The number of carbonyl (C=O) groups is 1. The predicted molar refractivity (Wildman–Crippen MR) is 130 cm³/mol. The molecule has 2 aromatic carbocycles. The van der Waals surface area contributed by atoms with E-state index in [1.165, 1.54) is 24.3 Å². The number of H-pyrrole nitrogens is 1. The molecule has 0 fully saturated rings. The van der Waals surface area contributed by atoms with Crippen LogP contribution in [0.3, 0.4) is 0 Å². The van der Waals surface area contributed by atoms with Crippen molar-refractivity contribution in [3.63, 3.8) is 0 Å². The summed E-state index contributed by atoms with van der Waals surface area (Å²) in [5.74, 6) is -1.03. The second-order valence-electron chi connectivity index (χ2n) is 8.25. The standard InChI is InChI=1S/C27H24F2N4O/c1-16-8-18(10-21(29)9-16)11-25(27-22(17(2)14-30)4-3-7-31-27)33-26(34)12-19-15-32-24-6-5-20(28)13-23(19)24/h3-10,13-15,25,30,32H,2,11-12H2,1H3,(H,33,34). The molecule has 0 saturated heterocycles. The van der Waals surface area contributed by atoms with E-state index in [1.807, 2.05) is 6.07 Å². The van der Waals surface area contributed by atoms with Crippen LogP contribution < -0.4 is 5.32 Å². The smallest absolute Gasteiger partial charge is 0.225 e. The van der Waals surface area contributed by atoms with Gasteiger partial charge >= 0.3 is 0 Å². The van der Waals surface area contributed by atoms with Crippen molar-refractivity contribution in [2.24, 2.45) is 0 Å². The molecular formula is C27H24F2N4O. The van der Waals surface area contributed by atoms with E-state index < -0.39 is 6.04 Å². The summed E-state index contributed by atoms with van der Waals surface area (Å²) in [6.45, 7) is 5.71. The third kappa shape index (κ3) is 5.09. The van der Waals surface area contributed by atoms with Crippen molar-refractivity contribution >= 4 is 28.6 Å². The molecule has 5 nitrogen and oxygen atoms in total. The van der Waals surface area contributed by atoms with Crippen LogP contribution in [-0.4, -0.2) is 22.1 Å². The Balaban J connectivity index is 1.66. The van der Waals surface area contributed by atoms with Crippen LogP contribution in [-0.2, 0) is 17.6 Å². The fourth-order valence-electron chi connectivity index (χ4n) is 4.14. The number of rotatable bonds is 8. The number of aromatic nitrogens is 2. The third-order valence-corrected chi connectivity index (χ3v) is 5.65. The van der Waals surface area contributed by atoms with Gasteiger partial charge in [-0.1, -0.05) is 18.7 Å². The Bertz CT molecular complexity index is 1370. The minimum Gasteiger partial charge on any atom is -0.361 e. The summed E-state index contributed by atoms with van der Waals surface area (Å²) < 4.78 is 27.8. The molecule has 2 aromatic heterocycles. The Morgan fingerprint density at radius 1 is 1.21 bits per heavy atom. The topological polar surface area (TPSA) is 81.6 Å². The number of hydrogen-bond donors (Lipinski definition) is 3. The lowest BCUT2D eigenvalue weighted by molar-refractivity contribution is -0.121. The molecule has 4 aromatic rings. The number of carbonyl (C=O) groups excluding carboxylic acids is 1. The van der Waals surface area contributed by atoms with Gasteiger partial charge in [-0.25, -0.2) is 8.78 Å². The lowest BCUT2D eigenvalue weighted by Crippen LogP contribution is -2.32. The van der Waals surface area contributed by atoms with E-state index in [2.05, 4.69) is 21.9 Å². The Morgan fingerprint density at radius 3 is 2.79 bits per heavy atom. The fraction of sp³-hybridized carbons (Fsp3) is 0.148. The summed E-state index contributed by atoms with van der Waals surface area (Å²) in [7, 11) is 0. The van der Waals surface area contributed by atoms with E-state index >= 15 is 0 Å². The molecule has 0 spiro atoms. The first-order chi connectivity index (χ1) is 16.3. The molecule has 0 saturated carbocycles. The van der Waals surface area contributed by atoms with Crippen molar-refractivity contribution in [2.45, 2.75) is 25.8 Å². The molecule has 0 aliphatic carbocycles. The van der Waals surface area contributed by atoms with E-state index in [1.54, 1.807) is 37.5 Å². The van der Waals surface area contributed by atoms with Gasteiger partial charge in [0, 0.05) is 35.1 Å². The molecule has 34 heavy (non-hydrogen) atoms. The first-order valence-electron chi connectivity index (χ1n) is 10.8. The Morgan fingerprint density at radius 2 is 2.03 bits per heavy atom. The molecule has 4 rings (SSSR count). The van der Waals surface area contributed by atoms with Crippen molar-refractivity contribution < 1.29 is 13.6 Å². The SMILES string of the molecule is C=C(C=N)c1cccnc1C(Cc1cc(C)cc(F)c1)NC(=O)Cc1c[nH]c2ccc(F)cc12. The molecule has 2 heterocycles. The van der Waals surface area contributed by atoms with Gasteiger partial charge in [-0.3, -0.25) is 9.78 Å². The largest absolute Gasteiger partial charge is 0.361 e. The van der Waals surface area contributed by atoms with E-state index in [0.29, 0.717) is 39.8 Å². The van der Waals surface area contributed by atoms with E-state index in [-0.39, 0.29) is 24.0 Å². The van der Waals surface area contributed by atoms with Crippen LogP contribution in [0.4, 0.5) is 8.78 Å². The Labute approximate surface area is 196 Å². The number of nitrogens with zero attached hydrogens (tertiary/aromatic N) is 1. The Kier molecular flexibility index (Phi) is 6.63. The van der Waals surface area contributed by atoms with Crippen LogP contribution in [0.5, 0.6) is 0 Å². The normalized spacial score (nSPS) is 11.9. The second-order valence-corrected chi connectivity index (χ2v) is 8.25. The first kappa shape index (κ1) is 23.0. The van der Waals surface area contributed by atoms with Crippen molar-refractivity contribution in [3.8, 4) is 0 Å². The highest BCUT2D eigenvalue weighted by atomic mass is 19.1. The van der Waals surface area contributed by atoms with E-state index in [0.717, 1.165) is 17.3 Å². The molecule has 0 aliphatic heterocycles. The summed E-state index contributed by atoms with van der Waals surface area (Å²) in [6.07, 6.45) is 4.75. The highest BCUT2D eigenvalue weighted by Gasteiger charge is 2.22. The summed E-state index contributed by atoms with van der Waals surface area (Å²) in [5, 5.41) is 11.3. The van der Waals surface area contributed by atoms with Gasteiger partial charge in [-0.15, -0.1) is 0 Å². The molecule has 1 unspecified atom stereocenters. The van der Waals surface area contributed by atoms with Crippen LogP contribution >= 0.6 is 0 Å². The maximum Gasteiger partial charge on any atom is 0.225 e. The van der Waals surface area contributed by atoms with Crippen molar-refractivity contribution in [1.82, 2.24) is 15.3 Å². The molecule has 7 heteroatoms. The highest BCUT2D eigenvalue weighted by Crippen LogP contribution is 2.26. The molecule has 0 bridgehead atoms. The summed E-state index contributed by atoms with van der Waals surface area (Å²) in [5.41, 5.74) is 4.49. The van der Waals surface area contributed by atoms with Crippen LogP contribution in [0.15, 0.2) is 67.5 Å². The number of nitrogens with one attached hydrogen (secondary N) is 3. The number of halogens is 2. The van der Waals surface area contributed by atoms with Crippen LogP contribution in [0.1, 0.15) is 34.0 Å². The average molecular weight is 459 g/mol. The summed E-state index contributed by atoms with van der Waals surface area (Å²) in [4.78, 5) is 20.6. The van der Waals surface area contributed by atoms with Gasteiger partial charge in [0.2, 0.25) is 5.91 Å². The molecule has 1 atom stereocenters. The molecule has 1 amide bonds. The number of fused-ring (bicyclic) bond motifs is 1. The minimum absolute atomic E-state index is 0.0236. The average Bonchev–Trinajstić information content (AvgIpc) is 3.19. The number of pyridine rings is 1. The number of aromatic amines is 1. The van der Waals surface area contributed by atoms with Crippen molar-refractivity contribution in [3.05, 3.63) is 107 Å². The molecule has 3 N–H and O–H groups in total. The van der Waals surface area contributed by atoms with Gasteiger partial charge in [0.1, 0.15) is 11.6 Å². The third-order valence-electron chi connectivity index (χ3n) is 5.65. The zero-order chi connectivity index (χ0) is 24.2. The van der Waals surface area contributed by atoms with Crippen LogP contribution in [0, 0.1) is 24.0 Å². The molecule has 0 radical (unpaired) electrons. The predicted octanol–water partition coefficient (Wildman–Crippen LogP) is 5.45. The van der Waals surface area contributed by atoms with Gasteiger partial charge in [0.25, 0.3) is 0 Å². The van der Waals surface area contributed by atoms with E-state index in [9.17, 15) is 13.6 Å². The number of benzene rings is 2. The first-order valence-corrected chi connectivity index (χ1v) is 10.8. The summed E-state index contributed by atoms with van der Waals surface area (Å²) >= 11 is 0. The maximum atomic E-state index is 14.1.